The summed E-state index contributed by atoms with van der Waals surface area (Å²) >= 11 is 0. The van der Waals surface area contributed by atoms with Crippen molar-refractivity contribution in [2.24, 2.45) is 0 Å². The predicted molar refractivity (Wildman–Crippen MR) is 49.5 cm³/mol. The molecule has 0 N–H and O–H groups in total. The second kappa shape index (κ2) is 3.80. The van der Waals surface area contributed by atoms with E-state index in [4.69, 9.17) is 0 Å². The summed E-state index contributed by atoms with van der Waals surface area (Å²) in [4.78, 5) is 7.90. The van der Waals surface area contributed by atoms with E-state index in [2.05, 4.69) is 9.97 Å². The third kappa shape index (κ3) is 1.88. The summed E-state index contributed by atoms with van der Waals surface area (Å²) in [7, 11) is 0. The summed E-state index contributed by atoms with van der Waals surface area (Å²) < 4.78 is 27.6. The molecule has 15 heavy (non-hydrogen) atoms. The van der Waals surface area contributed by atoms with Gasteiger partial charge in [0.1, 0.15) is 11.6 Å². The minimum atomic E-state index is -2.55. The summed E-state index contributed by atoms with van der Waals surface area (Å²) in [6, 6.07) is 0. The topological polar surface area (TPSA) is 35.6 Å². The molecule has 0 spiro atoms. The van der Waals surface area contributed by atoms with Gasteiger partial charge in [-0.3, -0.25) is 4.57 Å². The fraction of sp³-hybridized carbons (Fsp3) is 0.333. The van der Waals surface area contributed by atoms with Crippen LogP contribution in [0, 0.1) is 6.92 Å². The quantitative estimate of drug-likeness (QED) is 0.778. The summed E-state index contributed by atoms with van der Waals surface area (Å²) in [6.45, 7) is -0.426. The summed E-state index contributed by atoms with van der Waals surface area (Å²) in [5.41, 5.74) is 0. The van der Waals surface area contributed by atoms with Crippen molar-refractivity contribution in [3.63, 3.8) is 0 Å². The van der Waals surface area contributed by atoms with Crippen LogP contribution >= 0.6 is 0 Å². The molecule has 0 radical (unpaired) electrons. The van der Waals surface area contributed by atoms with Gasteiger partial charge in [0, 0.05) is 24.8 Å². The van der Waals surface area contributed by atoms with Crippen LogP contribution < -0.4 is 0 Å². The van der Waals surface area contributed by atoms with Crippen LogP contribution in [0.4, 0.5) is 8.78 Å². The van der Waals surface area contributed by atoms with Crippen molar-refractivity contribution >= 4 is 0 Å². The van der Waals surface area contributed by atoms with Gasteiger partial charge in [0.15, 0.2) is 0 Å². The van der Waals surface area contributed by atoms with E-state index in [9.17, 15) is 8.78 Å². The second-order valence-electron chi connectivity index (χ2n) is 3.13. The first kappa shape index (κ1) is 9.82. The van der Waals surface area contributed by atoms with E-state index in [-0.39, 0.29) is 0 Å². The van der Waals surface area contributed by atoms with E-state index in [1.165, 1.54) is 12.4 Å². The average molecular weight is 212 g/mol. The third-order valence-corrected chi connectivity index (χ3v) is 2.19. The molecule has 0 bridgehead atoms. The van der Waals surface area contributed by atoms with Crippen LogP contribution in [-0.4, -0.2) is 19.1 Å². The lowest BCUT2D eigenvalue weighted by molar-refractivity contribution is 0.0667. The van der Waals surface area contributed by atoms with Crippen molar-refractivity contribution in [3.05, 3.63) is 36.4 Å². The zero-order valence-corrected chi connectivity index (χ0v) is 8.14. The summed E-state index contributed by atoms with van der Waals surface area (Å²) in [5.74, 6) is 1.10. The van der Waals surface area contributed by atoms with Crippen molar-refractivity contribution in [2.75, 3.05) is 0 Å². The first-order chi connectivity index (χ1) is 7.18. The molecular weight excluding hydrogens is 202 g/mol. The van der Waals surface area contributed by atoms with Crippen molar-refractivity contribution in [2.45, 2.75) is 20.0 Å². The maximum atomic E-state index is 12.5. The number of imidazole rings is 2. The van der Waals surface area contributed by atoms with Crippen LogP contribution in [0.15, 0.2) is 24.8 Å². The molecule has 0 unspecified atom stereocenters. The third-order valence-electron chi connectivity index (χ3n) is 2.19. The molecule has 0 fully saturated rings. The van der Waals surface area contributed by atoms with Crippen LogP contribution in [-0.2, 0) is 6.54 Å². The highest BCUT2D eigenvalue weighted by atomic mass is 19.3. The standard InChI is InChI=1S/C9H10F2N4/c1-7-12-2-4-14(7)6-8-13-3-5-15(8)9(10)11/h2-5,9H,6H2,1H3. The van der Waals surface area contributed by atoms with Crippen LogP contribution in [0.25, 0.3) is 0 Å². The maximum absolute atomic E-state index is 12.5. The van der Waals surface area contributed by atoms with Crippen molar-refractivity contribution < 1.29 is 8.78 Å². The Hall–Kier alpha value is -1.72. The Morgan fingerprint density at radius 2 is 2.00 bits per heavy atom. The Morgan fingerprint density at radius 1 is 1.27 bits per heavy atom. The fourth-order valence-corrected chi connectivity index (χ4v) is 1.37. The molecule has 2 rings (SSSR count). The molecule has 2 heterocycles. The van der Waals surface area contributed by atoms with Gasteiger partial charge in [-0.1, -0.05) is 0 Å². The SMILES string of the molecule is Cc1nccn1Cc1nccn1C(F)F. The van der Waals surface area contributed by atoms with E-state index in [1.54, 1.807) is 17.0 Å². The molecule has 2 aromatic rings. The first-order valence-electron chi connectivity index (χ1n) is 4.46. The Labute approximate surface area is 85.2 Å². The first-order valence-corrected chi connectivity index (χ1v) is 4.46. The molecule has 4 nitrogen and oxygen atoms in total. The van der Waals surface area contributed by atoms with Crippen molar-refractivity contribution in [3.8, 4) is 0 Å². The van der Waals surface area contributed by atoms with Gasteiger partial charge >= 0.3 is 6.55 Å². The Balaban J connectivity index is 2.25. The largest absolute Gasteiger partial charge is 0.328 e. The van der Waals surface area contributed by atoms with Gasteiger partial charge in [0.25, 0.3) is 0 Å². The predicted octanol–water partition coefficient (Wildman–Crippen LogP) is 1.83. The van der Waals surface area contributed by atoms with Crippen molar-refractivity contribution in [1.82, 2.24) is 19.1 Å². The van der Waals surface area contributed by atoms with Crippen LogP contribution in [0.2, 0.25) is 0 Å². The Kier molecular flexibility index (Phi) is 2.49. The van der Waals surface area contributed by atoms with Gasteiger partial charge in [0.05, 0.1) is 6.54 Å². The molecule has 6 heteroatoms. The van der Waals surface area contributed by atoms with Crippen LogP contribution in [0.3, 0.4) is 0 Å². The van der Waals surface area contributed by atoms with Gasteiger partial charge < -0.3 is 4.57 Å². The molecule has 0 aliphatic heterocycles. The lowest BCUT2D eigenvalue weighted by Gasteiger charge is -2.07. The zero-order chi connectivity index (χ0) is 10.8. The lowest BCUT2D eigenvalue weighted by Crippen LogP contribution is -2.09. The normalized spacial score (nSPS) is 11.2. The molecule has 0 atom stereocenters. The number of rotatable bonds is 3. The second-order valence-corrected chi connectivity index (χ2v) is 3.13. The van der Waals surface area contributed by atoms with Crippen LogP contribution in [0.5, 0.6) is 0 Å². The highest BCUT2D eigenvalue weighted by Gasteiger charge is 2.11. The number of halogens is 2. The van der Waals surface area contributed by atoms with Gasteiger partial charge in [-0.05, 0) is 6.92 Å². The minimum absolute atomic E-state index is 0.309. The number of hydrogen-bond acceptors (Lipinski definition) is 2. The fourth-order valence-electron chi connectivity index (χ4n) is 1.37. The number of aryl methyl sites for hydroxylation is 1. The van der Waals surface area contributed by atoms with Gasteiger partial charge in [-0.2, -0.15) is 8.78 Å². The molecule has 0 saturated carbocycles. The van der Waals surface area contributed by atoms with Gasteiger partial charge in [-0.15, -0.1) is 0 Å². The molecule has 80 valence electrons. The summed E-state index contributed by atoms with van der Waals surface area (Å²) in [6.07, 6.45) is 6.00. The molecule has 0 aromatic carbocycles. The minimum Gasteiger partial charge on any atom is -0.328 e. The number of hydrogen-bond donors (Lipinski definition) is 0. The highest BCUT2D eigenvalue weighted by molar-refractivity contribution is 4.98. The maximum Gasteiger partial charge on any atom is 0.319 e. The van der Waals surface area contributed by atoms with E-state index in [0.29, 0.717) is 12.4 Å². The molecular formula is C9H10F2N4. The van der Waals surface area contributed by atoms with Gasteiger partial charge in [-0.25, -0.2) is 9.97 Å². The summed E-state index contributed by atoms with van der Waals surface area (Å²) in [5, 5.41) is 0. The Morgan fingerprint density at radius 3 is 2.60 bits per heavy atom. The molecule has 0 saturated heterocycles. The molecule has 0 amide bonds. The van der Waals surface area contributed by atoms with Crippen molar-refractivity contribution in [1.29, 1.82) is 0 Å². The monoisotopic (exact) mass is 212 g/mol. The molecule has 0 aliphatic rings. The average Bonchev–Trinajstić information content (AvgIpc) is 2.77. The van der Waals surface area contributed by atoms with Gasteiger partial charge in [0.2, 0.25) is 0 Å². The number of alkyl halides is 2. The van der Waals surface area contributed by atoms with E-state index < -0.39 is 6.55 Å². The Bertz CT molecular complexity index is 446. The van der Waals surface area contributed by atoms with Crippen LogP contribution in [0.1, 0.15) is 18.2 Å². The van der Waals surface area contributed by atoms with E-state index >= 15 is 0 Å². The number of nitrogens with zero attached hydrogens (tertiary/aromatic N) is 4. The van der Waals surface area contributed by atoms with E-state index in [1.807, 2.05) is 6.92 Å². The lowest BCUT2D eigenvalue weighted by atomic mass is 10.5. The smallest absolute Gasteiger partial charge is 0.319 e. The van der Waals surface area contributed by atoms with E-state index in [0.717, 1.165) is 10.4 Å². The highest BCUT2D eigenvalue weighted by Crippen LogP contribution is 2.13. The zero-order valence-electron chi connectivity index (χ0n) is 8.14. The number of aromatic nitrogens is 4. The molecule has 2 aromatic heterocycles. The molecule has 0 aliphatic carbocycles.